The fourth-order valence-electron chi connectivity index (χ4n) is 3.73. The lowest BCUT2D eigenvalue weighted by molar-refractivity contribution is 0.0709. The van der Waals surface area contributed by atoms with Crippen LogP contribution in [0.3, 0.4) is 0 Å². The molecule has 7 nitrogen and oxygen atoms in total. The van der Waals surface area contributed by atoms with E-state index in [9.17, 15) is 9.59 Å². The van der Waals surface area contributed by atoms with Gasteiger partial charge in [0.05, 0.1) is 22.6 Å². The molecule has 0 aliphatic carbocycles. The van der Waals surface area contributed by atoms with E-state index < -0.39 is 5.91 Å². The van der Waals surface area contributed by atoms with Gasteiger partial charge >= 0.3 is 0 Å². The number of rotatable bonds is 4. The Hall–Kier alpha value is -3.13. The van der Waals surface area contributed by atoms with Crippen LogP contribution in [0.25, 0.3) is 11.3 Å². The normalized spacial score (nSPS) is 16.6. The second-order valence-electron chi connectivity index (χ2n) is 7.09. The largest absolute Gasteiger partial charge is 0.366 e. The molecule has 3 heterocycles. The number of carbonyl (C=O) groups is 2. The minimum Gasteiger partial charge on any atom is -0.366 e. The van der Waals surface area contributed by atoms with Crippen LogP contribution < -0.4 is 5.73 Å². The molecule has 8 heteroatoms. The molecule has 29 heavy (non-hydrogen) atoms. The Bertz CT molecular complexity index is 1060. The molecule has 2 N–H and O–H groups in total. The summed E-state index contributed by atoms with van der Waals surface area (Å²) >= 11 is 1.38. The SMILES string of the molecule is Cc1ncsc1C(=O)N1CCC[C@@H](c2nccnc2-c2cccc(C(N)=O)c2)C1. The molecule has 0 radical (unpaired) electrons. The Kier molecular flexibility index (Phi) is 5.35. The Balaban J connectivity index is 1.64. The molecule has 0 saturated carbocycles. The third-order valence-corrected chi connectivity index (χ3v) is 6.10. The maximum Gasteiger partial charge on any atom is 0.265 e. The Morgan fingerprint density at radius 1 is 1.21 bits per heavy atom. The second-order valence-corrected chi connectivity index (χ2v) is 7.95. The van der Waals surface area contributed by atoms with E-state index in [0.717, 1.165) is 42.0 Å². The molecule has 148 valence electrons. The van der Waals surface area contributed by atoms with Gasteiger partial charge in [0, 0.05) is 42.5 Å². The number of aromatic nitrogens is 3. The van der Waals surface area contributed by atoms with Crippen molar-refractivity contribution in [1.29, 1.82) is 0 Å². The number of hydrogen-bond donors (Lipinski definition) is 1. The number of hydrogen-bond acceptors (Lipinski definition) is 6. The molecule has 1 fully saturated rings. The quantitative estimate of drug-likeness (QED) is 0.716. The van der Waals surface area contributed by atoms with E-state index >= 15 is 0 Å². The first kappa shape index (κ1) is 19.2. The minimum atomic E-state index is -0.480. The van der Waals surface area contributed by atoms with Crippen molar-refractivity contribution in [3.8, 4) is 11.3 Å². The maximum absolute atomic E-state index is 12.9. The van der Waals surface area contributed by atoms with Gasteiger partial charge in [-0.25, -0.2) is 4.98 Å². The van der Waals surface area contributed by atoms with Crippen LogP contribution in [0, 0.1) is 6.92 Å². The van der Waals surface area contributed by atoms with Crippen LogP contribution in [0.4, 0.5) is 0 Å². The summed E-state index contributed by atoms with van der Waals surface area (Å²) < 4.78 is 0. The highest BCUT2D eigenvalue weighted by Gasteiger charge is 2.29. The van der Waals surface area contributed by atoms with E-state index in [1.165, 1.54) is 11.3 Å². The molecule has 0 spiro atoms. The van der Waals surface area contributed by atoms with Crippen molar-refractivity contribution < 1.29 is 9.59 Å². The van der Waals surface area contributed by atoms with Crippen LogP contribution in [-0.4, -0.2) is 44.8 Å². The van der Waals surface area contributed by atoms with Crippen molar-refractivity contribution >= 4 is 23.2 Å². The van der Waals surface area contributed by atoms with Crippen LogP contribution in [0.15, 0.2) is 42.2 Å². The molecule has 3 aromatic rings. The summed E-state index contributed by atoms with van der Waals surface area (Å²) in [7, 11) is 0. The first-order chi connectivity index (χ1) is 14.0. The van der Waals surface area contributed by atoms with Crippen molar-refractivity contribution in [2.75, 3.05) is 13.1 Å². The van der Waals surface area contributed by atoms with Crippen LogP contribution in [0.2, 0.25) is 0 Å². The predicted octanol–water partition coefficient (Wildman–Crippen LogP) is 3.03. The zero-order valence-corrected chi connectivity index (χ0v) is 16.9. The first-order valence-electron chi connectivity index (χ1n) is 9.45. The van der Waals surface area contributed by atoms with Crippen LogP contribution >= 0.6 is 11.3 Å². The number of nitrogens with zero attached hydrogens (tertiary/aromatic N) is 4. The maximum atomic E-state index is 12.9. The summed E-state index contributed by atoms with van der Waals surface area (Å²) in [5, 5.41) is 0. The number of carbonyl (C=O) groups excluding carboxylic acids is 2. The number of amides is 2. The predicted molar refractivity (Wildman–Crippen MR) is 111 cm³/mol. The fraction of sp³-hybridized carbons (Fsp3) is 0.286. The molecule has 4 rings (SSSR count). The van der Waals surface area contributed by atoms with Crippen LogP contribution in [0.5, 0.6) is 0 Å². The molecule has 2 aromatic heterocycles. The minimum absolute atomic E-state index is 0.0240. The number of nitrogens with two attached hydrogens (primary N) is 1. The number of likely N-dealkylation sites (tertiary alicyclic amines) is 1. The molecule has 1 saturated heterocycles. The molecule has 1 atom stereocenters. The average molecular weight is 407 g/mol. The zero-order chi connectivity index (χ0) is 20.4. The van der Waals surface area contributed by atoms with Crippen molar-refractivity contribution in [2.45, 2.75) is 25.7 Å². The van der Waals surface area contributed by atoms with E-state index in [2.05, 4.69) is 15.0 Å². The van der Waals surface area contributed by atoms with Crippen LogP contribution in [-0.2, 0) is 0 Å². The van der Waals surface area contributed by atoms with Crippen molar-refractivity contribution in [1.82, 2.24) is 19.9 Å². The molecule has 1 aromatic carbocycles. The van der Waals surface area contributed by atoms with Gasteiger partial charge in [0.25, 0.3) is 5.91 Å². The van der Waals surface area contributed by atoms with Gasteiger partial charge in [0.1, 0.15) is 4.88 Å². The van der Waals surface area contributed by atoms with Gasteiger partial charge < -0.3 is 10.6 Å². The average Bonchev–Trinajstić information content (AvgIpc) is 3.19. The lowest BCUT2D eigenvalue weighted by Gasteiger charge is -2.33. The number of aryl methyl sites for hydroxylation is 1. The summed E-state index contributed by atoms with van der Waals surface area (Å²) in [6.45, 7) is 3.16. The lowest BCUT2D eigenvalue weighted by Crippen LogP contribution is -2.39. The van der Waals surface area contributed by atoms with E-state index in [-0.39, 0.29) is 11.8 Å². The first-order valence-corrected chi connectivity index (χ1v) is 10.3. The third-order valence-electron chi connectivity index (χ3n) is 5.18. The highest BCUT2D eigenvalue weighted by Crippen LogP contribution is 2.33. The number of thiazole rings is 1. The van der Waals surface area contributed by atoms with Gasteiger partial charge in [0.2, 0.25) is 5.91 Å². The van der Waals surface area contributed by atoms with E-state index in [0.29, 0.717) is 17.0 Å². The second kappa shape index (κ2) is 8.08. The van der Waals surface area contributed by atoms with E-state index in [1.807, 2.05) is 17.9 Å². The zero-order valence-electron chi connectivity index (χ0n) is 16.0. The molecule has 0 bridgehead atoms. The highest BCUT2D eigenvalue weighted by molar-refractivity contribution is 7.11. The van der Waals surface area contributed by atoms with Crippen molar-refractivity contribution in [3.05, 3.63) is 64.0 Å². The van der Waals surface area contributed by atoms with Gasteiger partial charge in [-0.05, 0) is 31.9 Å². The molecule has 1 aliphatic heterocycles. The van der Waals surface area contributed by atoms with E-state index in [1.54, 1.807) is 36.1 Å². The van der Waals surface area contributed by atoms with Gasteiger partial charge in [-0.15, -0.1) is 11.3 Å². The monoisotopic (exact) mass is 407 g/mol. The van der Waals surface area contributed by atoms with Crippen molar-refractivity contribution in [2.24, 2.45) is 5.73 Å². The highest BCUT2D eigenvalue weighted by atomic mass is 32.1. The summed E-state index contributed by atoms with van der Waals surface area (Å²) in [4.78, 5) is 40.4. The topological polar surface area (TPSA) is 102 Å². The van der Waals surface area contributed by atoms with Gasteiger partial charge in [-0.3, -0.25) is 19.6 Å². The summed E-state index contributed by atoms with van der Waals surface area (Å²) in [6, 6.07) is 7.10. The molecular formula is C21H21N5O2S. The Labute approximate surface area is 172 Å². The summed E-state index contributed by atoms with van der Waals surface area (Å²) in [6.07, 6.45) is 5.13. The third kappa shape index (κ3) is 3.88. The number of piperidine rings is 1. The van der Waals surface area contributed by atoms with Gasteiger partial charge in [-0.2, -0.15) is 0 Å². The lowest BCUT2D eigenvalue weighted by atomic mass is 9.91. The number of benzene rings is 1. The Morgan fingerprint density at radius 3 is 2.79 bits per heavy atom. The summed E-state index contributed by atoms with van der Waals surface area (Å²) in [5.41, 5.74) is 10.7. The Morgan fingerprint density at radius 2 is 2.03 bits per heavy atom. The van der Waals surface area contributed by atoms with Crippen LogP contribution in [0.1, 0.15) is 50.2 Å². The summed E-state index contributed by atoms with van der Waals surface area (Å²) in [5.74, 6) is -0.385. The smallest absolute Gasteiger partial charge is 0.265 e. The van der Waals surface area contributed by atoms with E-state index in [4.69, 9.17) is 5.73 Å². The molecule has 0 unspecified atom stereocenters. The molecule has 1 aliphatic rings. The van der Waals surface area contributed by atoms with Gasteiger partial charge in [0.15, 0.2) is 0 Å². The fourth-order valence-corrected chi connectivity index (χ4v) is 4.49. The van der Waals surface area contributed by atoms with Crippen molar-refractivity contribution in [3.63, 3.8) is 0 Å². The number of primary amides is 1. The molecular weight excluding hydrogens is 386 g/mol. The standard InChI is InChI=1S/C21H21N5O2S/c1-13-19(29-12-25-13)21(28)26-9-3-6-16(11-26)18-17(23-7-8-24-18)14-4-2-5-15(10-14)20(22)27/h2,4-5,7-8,10,12,16H,3,6,9,11H2,1H3,(H2,22,27)/t16-/m1/s1. The van der Waals surface area contributed by atoms with Gasteiger partial charge in [-0.1, -0.05) is 12.1 Å². The molecule has 2 amide bonds.